The standard InChI is InChI=1S/C14H18N2O2/c1-9(2)7-12(15)14(17)16-11-3-4-13-10(8-11)5-6-18-13/h3-6,8-9,12H,7,15H2,1-2H3,(H,16,17)/t12-/m1/s1. The Hall–Kier alpha value is -1.81. The van der Waals surface area contributed by atoms with Gasteiger partial charge in [0.15, 0.2) is 0 Å². The molecule has 96 valence electrons. The van der Waals surface area contributed by atoms with Crippen LogP contribution < -0.4 is 11.1 Å². The summed E-state index contributed by atoms with van der Waals surface area (Å²) in [6.07, 6.45) is 2.31. The molecule has 18 heavy (non-hydrogen) atoms. The fourth-order valence-electron chi connectivity index (χ4n) is 1.89. The number of carbonyl (C=O) groups excluding carboxylic acids is 1. The Bertz CT molecular complexity index is 545. The molecule has 3 N–H and O–H groups in total. The van der Waals surface area contributed by atoms with Crippen LogP contribution in [0.15, 0.2) is 34.9 Å². The molecule has 0 radical (unpaired) electrons. The van der Waals surface area contributed by atoms with Crippen molar-refractivity contribution in [1.82, 2.24) is 0 Å². The van der Waals surface area contributed by atoms with Crippen LogP contribution in [0.25, 0.3) is 11.0 Å². The molecule has 2 rings (SSSR count). The Morgan fingerprint density at radius 1 is 1.39 bits per heavy atom. The van der Waals surface area contributed by atoms with Crippen LogP contribution in [-0.4, -0.2) is 11.9 Å². The van der Waals surface area contributed by atoms with E-state index in [1.807, 2.05) is 38.1 Å². The second-order valence-electron chi connectivity index (χ2n) is 4.90. The molecule has 0 aliphatic rings. The minimum Gasteiger partial charge on any atom is -0.464 e. The number of benzene rings is 1. The lowest BCUT2D eigenvalue weighted by atomic mass is 10.0. The highest BCUT2D eigenvalue weighted by molar-refractivity contribution is 5.96. The van der Waals surface area contributed by atoms with Gasteiger partial charge < -0.3 is 15.5 Å². The zero-order valence-electron chi connectivity index (χ0n) is 10.6. The number of anilines is 1. The van der Waals surface area contributed by atoms with E-state index in [-0.39, 0.29) is 5.91 Å². The van der Waals surface area contributed by atoms with Crippen molar-refractivity contribution in [2.45, 2.75) is 26.3 Å². The Kier molecular flexibility index (Phi) is 3.67. The minimum absolute atomic E-state index is 0.147. The van der Waals surface area contributed by atoms with Crippen LogP contribution in [0, 0.1) is 5.92 Å². The molecule has 0 fully saturated rings. The molecule has 1 atom stereocenters. The van der Waals surface area contributed by atoms with Crippen molar-refractivity contribution in [2.24, 2.45) is 11.7 Å². The average Bonchev–Trinajstić information content (AvgIpc) is 2.75. The van der Waals surface area contributed by atoms with Gasteiger partial charge in [-0.1, -0.05) is 13.8 Å². The van der Waals surface area contributed by atoms with Crippen molar-refractivity contribution < 1.29 is 9.21 Å². The summed E-state index contributed by atoms with van der Waals surface area (Å²) in [6.45, 7) is 4.09. The van der Waals surface area contributed by atoms with Gasteiger partial charge in [0.25, 0.3) is 0 Å². The highest BCUT2D eigenvalue weighted by Gasteiger charge is 2.15. The Balaban J connectivity index is 2.06. The minimum atomic E-state index is -0.468. The third-order valence-electron chi connectivity index (χ3n) is 2.78. The Morgan fingerprint density at radius 2 is 2.17 bits per heavy atom. The molecule has 0 spiro atoms. The van der Waals surface area contributed by atoms with E-state index in [0.29, 0.717) is 12.3 Å². The smallest absolute Gasteiger partial charge is 0.241 e. The van der Waals surface area contributed by atoms with E-state index in [0.717, 1.165) is 16.7 Å². The van der Waals surface area contributed by atoms with E-state index in [9.17, 15) is 4.79 Å². The van der Waals surface area contributed by atoms with Crippen molar-refractivity contribution in [3.63, 3.8) is 0 Å². The molecule has 1 amide bonds. The molecule has 0 saturated heterocycles. The van der Waals surface area contributed by atoms with Crippen LogP contribution in [0.1, 0.15) is 20.3 Å². The summed E-state index contributed by atoms with van der Waals surface area (Å²) in [5, 5.41) is 3.79. The molecular weight excluding hydrogens is 228 g/mol. The number of furan rings is 1. The van der Waals surface area contributed by atoms with E-state index < -0.39 is 6.04 Å². The van der Waals surface area contributed by atoms with Gasteiger partial charge in [-0.05, 0) is 36.6 Å². The van der Waals surface area contributed by atoms with Gasteiger partial charge >= 0.3 is 0 Å². The lowest BCUT2D eigenvalue weighted by Crippen LogP contribution is -2.36. The highest BCUT2D eigenvalue weighted by Crippen LogP contribution is 2.20. The maximum atomic E-state index is 11.9. The largest absolute Gasteiger partial charge is 0.464 e. The van der Waals surface area contributed by atoms with Crippen LogP contribution >= 0.6 is 0 Å². The first kappa shape index (κ1) is 12.6. The molecule has 4 nitrogen and oxygen atoms in total. The normalized spacial score (nSPS) is 12.9. The maximum absolute atomic E-state index is 11.9. The van der Waals surface area contributed by atoms with E-state index in [2.05, 4.69) is 5.32 Å². The predicted octanol–water partition coefficient (Wildman–Crippen LogP) is 2.74. The van der Waals surface area contributed by atoms with Gasteiger partial charge in [-0.25, -0.2) is 0 Å². The van der Waals surface area contributed by atoms with E-state index in [1.54, 1.807) is 6.26 Å². The summed E-state index contributed by atoms with van der Waals surface area (Å²) in [5.74, 6) is 0.258. The summed E-state index contributed by atoms with van der Waals surface area (Å²) in [7, 11) is 0. The van der Waals surface area contributed by atoms with Gasteiger partial charge in [0.2, 0.25) is 5.91 Å². The third-order valence-corrected chi connectivity index (χ3v) is 2.78. The van der Waals surface area contributed by atoms with Crippen LogP contribution in [0.3, 0.4) is 0 Å². The molecule has 1 heterocycles. The first-order valence-corrected chi connectivity index (χ1v) is 6.10. The topological polar surface area (TPSA) is 68.3 Å². The number of nitrogens with two attached hydrogens (primary N) is 1. The van der Waals surface area contributed by atoms with E-state index in [1.165, 1.54) is 0 Å². The molecule has 0 saturated carbocycles. The number of amides is 1. The predicted molar refractivity (Wildman–Crippen MR) is 72.3 cm³/mol. The summed E-state index contributed by atoms with van der Waals surface area (Å²) in [6, 6.07) is 6.91. The number of hydrogen-bond donors (Lipinski definition) is 2. The molecule has 0 unspecified atom stereocenters. The molecule has 1 aromatic heterocycles. The zero-order valence-corrected chi connectivity index (χ0v) is 10.6. The van der Waals surface area contributed by atoms with Crippen molar-refractivity contribution in [3.05, 3.63) is 30.5 Å². The summed E-state index contributed by atoms with van der Waals surface area (Å²) in [5.41, 5.74) is 7.38. The van der Waals surface area contributed by atoms with Gasteiger partial charge in [0.1, 0.15) is 5.58 Å². The fourth-order valence-corrected chi connectivity index (χ4v) is 1.89. The molecule has 0 aliphatic carbocycles. The van der Waals surface area contributed by atoms with Crippen LogP contribution in [-0.2, 0) is 4.79 Å². The average molecular weight is 246 g/mol. The zero-order chi connectivity index (χ0) is 13.1. The highest BCUT2D eigenvalue weighted by atomic mass is 16.3. The van der Waals surface area contributed by atoms with Gasteiger partial charge in [0, 0.05) is 11.1 Å². The quantitative estimate of drug-likeness (QED) is 0.871. The van der Waals surface area contributed by atoms with E-state index in [4.69, 9.17) is 10.2 Å². The number of carbonyl (C=O) groups is 1. The van der Waals surface area contributed by atoms with Gasteiger partial charge in [0.05, 0.1) is 12.3 Å². The summed E-state index contributed by atoms with van der Waals surface area (Å²) in [4.78, 5) is 11.9. The molecular formula is C14H18N2O2. The number of rotatable bonds is 4. The van der Waals surface area contributed by atoms with Crippen LogP contribution in [0.2, 0.25) is 0 Å². The number of hydrogen-bond acceptors (Lipinski definition) is 3. The van der Waals surface area contributed by atoms with Crippen molar-refractivity contribution in [3.8, 4) is 0 Å². The molecule has 0 bridgehead atoms. The lowest BCUT2D eigenvalue weighted by molar-refractivity contribution is -0.117. The first-order valence-electron chi connectivity index (χ1n) is 6.10. The molecule has 4 heteroatoms. The molecule has 0 aliphatic heterocycles. The van der Waals surface area contributed by atoms with Crippen molar-refractivity contribution in [2.75, 3.05) is 5.32 Å². The Labute approximate surface area is 106 Å². The second kappa shape index (κ2) is 5.23. The number of nitrogens with one attached hydrogen (secondary N) is 1. The summed E-state index contributed by atoms with van der Waals surface area (Å²) >= 11 is 0. The summed E-state index contributed by atoms with van der Waals surface area (Å²) < 4.78 is 5.24. The van der Waals surface area contributed by atoms with Crippen molar-refractivity contribution in [1.29, 1.82) is 0 Å². The second-order valence-corrected chi connectivity index (χ2v) is 4.90. The monoisotopic (exact) mass is 246 g/mol. The van der Waals surface area contributed by atoms with Crippen LogP contribution in [0.5, 0.6) is 0 Å². The lowest BCUT2D eigenvalue weighted by Gasteiger charge is -2.14. The number of fused-ring (bicyclic) bond motifs is 1. The third kappa shape index (κ3) is 2.90. The fraction of sp³-hybridized carbons (Fsp3) is 0.357. The molecule has 1 aromatic carbocycles. The maximum Gasteiger partial charge on any atom is 0.241 e. The SMILES string of the molecule is CC(C)C[C@@H](N)C(=O)Nc1ccc2occc2c1. The van der Waals surface area contributed by atoms with Gasteiger partial charge in [-0.3, -0.25) is 4.79 Å². The first-order chi connectivity index (χ1) is 8.56. The van der Waals surface area contributed by atoms with Gasteiger partial charge in [-0.2, -0.15) is 0 Å². The van der Waals surface area contributed by atoms with E-state index >= 15 is 0 Å². The Morgan fingerprint density at radius 3 is 2.89 bits per heavy atom. The van der Waals surface area contributed by atoms with Gasteiger partial charge in [-0.15, -0.1) is 0 Å². The van der Waals surface area contributed by atoms with Crippen LogP contribution in [0.4, 0.5) is 5.69 Å². The molecule has 2 aromatic rings. The van der Waals surface area contributed by atoms with Crippen molar-refractivity contribution >= 4 is 22.6 Å².